The molecule has 9 heteroatoms. The van der Waals surface area contributed by atoms with E-state index in [0.29, 0.717) is 25.4 Å². The van der Waals surface area contributed by atoms with Crippen molar-refractivity contribution in [1.82, 2.24) is 19.4 Å². The molecule has 0 bridgehead atoms. The molecule has 8 nitrogen and oxygen atoms in total. The number of benzene rings is 1. The van der Waals surface area contributed by atoms with Crippen molar-refractivity contribution in [3.63, 3.8) is 0 Å². The fourth-order valence-corrected chi connectivity index (χ4v) is 5.83. The van der Waals surface area contributed by atoms with Crippen LogP contribution in [0.2, 0.25) is 0 Å². The molecule has 0 radical (unpaired) electrons. The van der Waals surface area contributed by atoms with Crippen LogP contribution in [0, 0.1) is 0 Å². The fraction of sp³-hybridized carbons (Fsp3) is 0.696. The smallest absolute Gasteiger partial charge is 0.255 e. The molecule has 1 amide bonds. The lowest BCUT2D eigenvalue weighted by Gasteiger charge is -2.32. The predicted octanol–water partition coefficient (Wildman–Crippen LogP) is 2.02. The van der Waals surface area contributed by atoms with Gasteiger partial charge in [0.25, 0.3) is 5.91 Å². The number of nitrogens with one attached hydrogen (secondary N) is 1. The number of hydrogen-bond acceptors (Lipinski definition) is 6. The molecule has 2 heterocycles. The first kappa shape index (κ1) is 25.0. The number of nitrogens with zero attached hydrogens (tertiary/aromatic N) is 3. The van der Waals surface area contributed by atoms with Gasteiger partial charge in [0.05, 0.1) is 17.6 Å². The van der Waals surface area contributed by atoms with Crippen molar-refractivity contribution in [3.8, 4) is 5.75 Å². The van der Waals surface area contributed by atoms with Crippen molar-refractivity contribution in [1.29, 1.82) is 0 Å². The second-order valence-corrected chi connectivity index (χ2v) is 10.7. The number of methoxy groups -OCH3 is 1. The van der Waals surface area contributed by atoms with Crippen molar-refractivity contribution < 1.29 is 17.9 Å². The Labute approximate surface area is 192 Å². The summed E-state index contributed by atoms with van der Waals surface area (Å²) < 4.78 is 33.1. The van der Waals surface area contributed by atoms with Crippen LogP contribution >= 0.6 is 0 Å². The van der Waals surface area contributed by atoms with Gasteiger partial charge in [0.15, 0.2) is 0 Å². The minimum absolute atomic E-state index is 0.153. The van der Waals surface area contributed by atoms with Gasteiger partial charge in [-0.2, -0.15) is 4.31 Å². The predicted molar refractivity (Wildman–Crippen MR) is 126 cm³/mol. The molecule has 1 aromatic rings. The second-order valence-electron chi connectivity index (χ2n) is 8.79. The van der Waals surface area contributed by atoms with Crippen LogP contribution in [0.5, 0.6) is 5.75 Å². The first-order valence-corrected chi connectivity index (χ1v) is 13.2. The molecular formula is C23H38N4O4S. The minimum atomic E-state index is -3.62. The van der Waals surface area contributed by atoms with E-state index < -0.39 is 10.0 Å². The molecule has 2 aliphatic heterocycles. The van der Waals surface area contributed by atoms with Gasteiger partial charge in [-0.1, -0.05) is 12.8 Å². The summed E-state index contributed by atoms with van der Waals surface area (Å²) >= 11 is 0. The molecule has 1 aromatic carbocycles. The van der Waals surface area contributed by atoms with Crippen LogP contribution in [-0.4, -0.2) is 94.9 Å². The normalized spacial score (nSPS) is 19.4. The van der Waals surface area contributed by atoms with E-state index >= 15 is 0 Å². The summed E-state index contributed by atoms with van der Waals surface area (Å²) in [5.74, 6) is 0.0871. The number of sulfonamides is 1. The first-order chi connectivity index (χ1) is 15.4. The second kappa shape index (κ2) is 12.0. The third-order valence-corrected chi connectivity index (χ3v) is 8.30. The summed E-state index contributed by atoms with van der Waals surface area (Å²) in [5, 5.41) is 2.93. The lowest BCUT2D eigenvalue weighted by molar-refractivity contribution is 0.0948. The Morgan fingerprint density at radius 3 is 2.34 bits per heavy atom. The number of rotatable bonds is 9. The molecule has 180 valence electrons. The summed E-state index contributed by atoms with van der Waals surface area (Å²) in [5.41, 5.74) is 0.266. The molecule has 2 fully saturated rings. The number of unbranched alkanes of at least 4 members (excludes halogenated alkanes) is 1. The molecule has 0 aromatic heterocycles. The number of carbonyl (C=O) groups is 1. The highest BCUT2D eigenvalue weighted by Gasteiger charge is 2.27. The van der Waals surface area contributed by atoms with Gasteiger partial charge in [0.1, 0.15) is 5.75 Å². The molecular weight excluding hydrogens is 428 g/mol. The molecule has 32 heavy (non-hydrogen) atoms. The Balaban J connectivity index is 1.56. The van der Waals surface area contributed by atoms with Gasteiger partial charge < -0.3 is 19.9 Å². The van der Waals surface area contributed by atoms with Crippen LogP contribution in [0.25, 0.3) is 0 Å². The molecule has 3 rings (SSSR count). The van der Waals surface area contributed by atoms with E-state index in [1.807, 2.05) is 0 Å². The maximum absolute atomic E-state index is 13.1. The number of amides is 1. The Morgan fingerprint density at radius 2 is 1.69 bits per heavy atom. The van der Waals surface area contributed by atoms with E-state index in [1.54, 1.807) is 10.4 Å². The van der Waals surface area contributed by atoms with Crippen LogP contribution in [-0.2, 0) is 10.0 Å². The number of hydrogen-bond donors (Lipinski definition) is 1. The molecule has 0 saturated carbocycles. The molecule has 0 unspecified atom stereocenters. The third-order valence-electron chi connectivity index (χ3n) is 6.40. The van der Waals surface area contributed by atoms with Crippen LogP contribution in [0.4, 0.5) is 0 Å². The average Bonchev–Trinajstić information content (AvgIpc) is 3.10. The van der Waals surface area contributed by atoms with E-state index in [2.05, 4.69) is 22.2 Å². The van der Waals surface area contributed by atoms with Gasteiger partial charge in [0.2, 0.25) is 10.0 Å². The summed E-state index contributed by atoms with van der Waals surface area (Å²) in [7, 11) is 0.0163. The Hall–Kier alpha value is -1.68. The van der Waals surface area contributed by atoms with Crippen LogP contribution in [0.15, 0.2) is 23.1 Å². The third kappa shape index (κ3) is 6.66. The lowest BCUT2D eigenvalue weighted by Crippen LogP contribution is -2.44. The molecule has 1 N–H and O–H groups in total. The molecule has 2 saturated heterocycles. The highest BCUT2D eigenvalue weighted by atomic mass is 32.2. The van der Waals surface area contributed by atoms with Gasteiger partial charge in [0, 0.05) is 45.8 Å². The lowest BCUT2D eigenvalue weighted by atomic mass is 10.2. The summed E-state index contributed by atoms with van der Waals surface area (Å²) in [6, 6.07) is 4.57. The Bertz CT molecular complexity index is 846. The topological polar surface area (TPSA) is 82.2 Å². The van der Waals surface area contributed by atoms with Gasteiger partial charge in [-0.05, 0) is 57.5 Å². The van der Waals surface area contributed by atoms with Gasteiger partial charge in [-0.3, -0.25) is 4.79 Å². The molecule has 2 aliphatic rings. The first-order valence-electron chi connectivity index (χ1n) is 11.8. The van der Waals surface area contributed by atoms with E-state index in [9.17, 15) is 13.2 Å². The zero-order valence-electron chi connectivity index (χ0n) is 19.5. The molecule has 0 spiro atoms. The summed E-state index contributed by atoms with van der Waals surface area (Å²) in [6.07, 6.45) is 5.75. The SMILES string of the molecule is COc1ccc(S(=O)(=O)N2CCCCCC2)cc1C(=O)NCCCCN1CCN(C)CC1. The summed E-state index contributed by atoms with van der Waals surface area (Å²) in [6.45, 7) is 7.05. The van der Waals surface area contributed by atoms with Gasteiger partial charge in [-0.25, -0.2) is 8.42 Å². The largest absolute Gasteiger partial charge is 0.496 e. The quantitative estimate of drug-likeness (QED) is 0.561. The van der Waals surface area contributed by atoms with E-state index in [-0.39, 0.29) is 16.4 Å². The number of likely N-dealkylation sites (N-methyl/N-ethyl adjacent to an activating group) is 1. The van der Waals surface area contributed by atoms with Gasteiger partial charge >= 0.3 is 0 Å². The summed E-state index contributed by atoms with van der Waals surface area (Å²) in [4.78, 5) is 17.8. The van der Waals surface area contributed by atoms with Crippen LogP contribution < -0.4 is 10.1 Å². The maximum atomic E-state index is 13.1. The highest BCUT2D eigenvalue weighted by Crippen LogP contribution is 2.26. The van der Waals surface area contributed by atoms with Crippen molar-refractivity contribution in [2.75, 3.05) is 66.5 Å². The average molecular weight is 467 g/mol. The Morgan fingerprint density at radius 1 is 1.00 bits per heavy atom. The Kier molecular flexibility index (Phi) is 9.34. The van der Waals surface area contributed by atoms with Crippen molar-refractivity contribution in [2.45, 2.75) is 43.4 Å². The van der Waals surface area contributed by atoms with Crippen molar-refractivity contribution in [3.05, 3.63) is 23.8 Å². The number of ether oxygens (including phenoxy) is 1. The maximum Gasteiger partial charge on any atom is 0.255 e. The molecule has 0 atom stereocenters. The highest BCUT2D eigenvalue weighted by molar-refractivity contribution is 7.89. The van der Waals surface area contributed by atoms with E-state index in [1.165, 1.54) is 19.2 Å². The zero-order valence-corrected chi connectivity index (χ0v) is 20.3. The van der Waals surface area contributed by atoms with Crippen molar-refractivity contribution in [2.24, 2.45) is 0 Å². The van der Waals surface area contributed by atoms with Gasteiger partial charge in [-0.15, -0.1) is 0 Å². The van der Waals surface area contributed by atoms with E-state index in [4.69, 9.17) is 4.74 Å². The van der Waals surface area contributed by atoms with Crippen molar-refractivity contribution >= 4 is 15.9 Å². The zero-order chi connectivity index (χ0) is 23.0. The number of piperazine rings is 1. The van der Waals surface area contributed by atoms with E-state index in [0.717, 1.165) is 71.2 Å². The standard InChI is InChI=1S/C23H38N4O4S/c1-25-15-17-26(18-16-25)12-8-5-11-24-23(28)21-19-20(9-10-22(21)31-2)32(29,30)27-13-6-3-4-7-14-27/h9-10,19H,3-8,11-18H2,1-2H3,(H,24,28). The molecule has 0 aliphatic carbocycles. The van der Waals surface area contributed by atoms with Crippen LogP contribution in [0.3, 0.4) is 0 Å². The fourth-order valence-electron chi connectivity index (χ4n) is 4.29. The monoisotopic (exact) mass is 466 g/mol. The van der Waals surface area contributed by atoms with Crippen LogP contribution in [0.1, 0.15) is 48.9 Å². The number of carbonyl (C=O) groups excluding carboxylic acids is 1. The minimum Gasteiger partial charge on any atom is -0.496 e.